The Labute approximate surface area is 180 Å². The number of halogens is 2. The Balaban J connectivity index is 2.21. The molecular weight excluding hydrogens is 446 g/mol. The molecule has 0 fully saturated rings. The first-order chi connectivity index (χ1) is 13.6. The Morgan fingerprint density at radius 1 is 1.14 bits per heavy atom. The van der Waals surface area contributed by atoms with Gasteiger partial charge >= 0.3 is 0 Å². The topological polar surface area (TPSA) is 60.0 Å². The van der Waals surface area contributed by atoms with E-state index in [-0.39, 0.29) is 25.5 Å². The second kappa shape index (κ2) is 12.4. The van der Waals surface area contributed by atoms with Gasteiger partial charge in [0.2, 0.25) is 0 Å². The summed E-state index contributed by atoms with van der Waals surface area (Å²) in [4.78, 5) is 0. The van der Waals surface area contributed by atoms with Gasteiger partial charge in [-0.25, -0.2) is 0 Å². The Morgan fingerprint density at radius 3 is 2.54 bits per heavy atom. The van der Waals surface area contributed by atoms with Gasteiger partial charge in [0.15, 0.2) is 6.79 Å². The van der Waals surface area contributed by atoms with Crippen LogP contribution in [-0.4, -0.2) is 38.8 Å². The van der Waals surface area contributed by atoms with Crippen LogP contribution in [0.1, 0.15) is 36.6 Å². The Bertz CT molecular complexity index is 717. The molecule has 2 aromatic rings. The summed E-state index contributed by atoms with van der Waals surface area (Å²) in [6, 6.07) is 13.3. The monoisotopic (exact) mass is 471 g/mol. The van der Waals surface area contributed by atoms with Crippen molar-refractivity contribution in [2.75, 3.05) is 33.7 Å². The van der Waals surface area contributed by atoms with E-state index in [1.807, 2.05) is 36.4 Å². The van der Waals surface area contributed by atoms with E-state index in [9.17, 15) is 5.11 Å². The van der Waals surface area contributed by atoms with Crippen molar-refractivity contribution < 1.29 is 19.3 Å². The number of methoxy groups -OCH3 is 1. The number of benzene rings is 2. The van der Waals surface area contributed by atoms with Gasteiger partial charge in [-0.1, -0.05) is 48.9 Å². The third-order valence-electron chi connectivity index (χ3n) is 4.33. The van der Waals surface area contributed by atoms with Crippen LogP contribution in [0.2, 0.25) is 5.02 Å². The predicted molar refractivity (Wildman–Crippen MR) is 115 cm³/mol. The molecule has 28 heavy (non-hydrogen) atoms. The van der Waals surface area contributed by atoms with Crippen LogP contribution in [0.25, 0.3) is 0 Å². The molecule has 5 nitrogen and oxygen atoms in total. The van der Waals surface area contributed by atoms with Gasteiger partial charge in [0.05, 0.1) is 30.3 Å². The van der Waals surface area contributed by atoms with Gasteiger partial charge < -0.3 is 24.6 Å². The molecule has 2 rings (SSSR count). The maximum Gasteiger partial charge on any atom is 0.189 e. The molecule has 0 aliphatic carbocycles. The summed E-state index contributed by atoms with van der Waals surface area (Å²) >= 11 is 9.84. The van der Waals surface area contributed by atoms with E-state index >= 15 is 0 Å². The molecule has 0 saturated carbocycles. The van der Waals surface area contributed by atoms with Gasteiger partial charge in [-0.15, -0.1) is 0 Å². The first-order valence-corrected chi connectivity index (χ1v) is 10.4. The van der Waals surface area contributed by atoms with E-state index in [0.717, 1.165) is 22.0 Å². The third-order valence-corrected chi connectivity index (χ3v) is 5.13. The normalized spacial score (nSPS) is 13.3. The number of ether oxygens (including phenoxy) is 3. The average Bonchev–Trinajstić information content (AvgIpc) is 2.70. The Morgan fingerprint density at radius 2 is 1.89 bits per heavy atom. The van der Waals surface area contributed by atoms with Crippen LogP contribution in [0.4, 0.5) is 0 Å². The maximum atomic E-state index is 9.91. The molecule has 0 heterocycles. The Hall–Kier alpha value is -1.15. The van der Waals surface area contributed by atoms with Crippen LogP contribution in [0, 0.1) is 0 Å². The second-order valence-electron chi connectivity index (χ2n) is 6.24. The molecule has 0 aliphatic heterocycles. The molecule has 2 atom stereocenters. The van der Waals surface area contributed by atoms with Crippen LogP contribution in [-0.2, 0) is 9.47 Å². The number of rotatable bonds is 12. The Kier molecular flexibility index (Phi) is 10.3. The van der Waals surface area contributed by atoms with E-state index in [1.54, 1.807) is 13.2 Å². The van der Waals surface area contributed by atoms with Gasteiger partial charge in [-0.3, -0.25) is 0 Å². The fourth-order valence-corrected chi connectivity index (χ4v) is 3.85. The molecule has 0 aliphatic rings. The number of aliphatic hydroxyl groups is 1. The molecule has 154 valence electrons. The molecule has 0 amide bonds. The summed E-state index contributed by atoms with van der Waals surface area (Å²) in [6.45, 7) is 3.12. The van der Waals surface area contributed by atoms with Crippen LogP contribution in [0.15, 0.2) is 46.9 Å². The molecular formula is C21H27BrClNO4. The van der Waals surface area contributed by atoms with Crippen molar-refractivity contribution in [1.29, 1.82) is 0 Å². The lowest BCUT2D eigenvalue weighted by atomic mass is 10.00. The van der Waals surface area contributed by atoms with Crippen LogP contribution in [0.5, 0.6) is 5.75 Å². The zero-order valence-electron chi connectivity index (χ0n) is 16.2. The fourth-order valence-electron chi connectivity index (χ4n) is 2.90. The van der Waals surface area contributed by atoms with Crippen LogP contribution >= 0.6 is 27.5 Å². The SMILES string of the molecule is CCC(N[C@@H](CO)c1ccccc1)c1cc(Cl)cc(Br)c1OCOCCOC. The zero-order valence-corrected chi connectivity index (χ0v) is 18.5. The highest BCUT2D eigenvalue weighted by Gasteiger charge is 2.22. The fraction of sp³-hybridized carbons (Fsp3) is 0.429. The van der Waals surface area contributed by atoms with E-state index in [2.05, 4.69) is 28.2 Å². The highest BCUT2D eigenvalue weighted by atomic mass is 79.9. The van der Waals surface area contributed by atoms with Gasteiger partial charge in [-0.05, 0) is 40.0 Å². The molecule has 2 aromatic carbocycles. The summed E-state index contributed by atoms with van der Waals surface area (Å²) in [7, 11) is 1.62. The molecule has 1 unspecified atom stereocenters. The third kappa shape index (κ3) is 6.72. The summed E-state index contributed by atoms with van der Waals surface area (Å²) < 4.78 is 17.1. The second-order valence-corrected chi connectivity index (χ2v) is 7.53. The van der Waals surface area contributed by atoms with Crippen molar-refractivity contribution in [3.05, 3.63) is 63.1 Å². The van der Waals surface area contributed by atoms with Gasteiger partial charge in [0, 0.05) is 23.7 Å². The summed E-state index contributed by atoms with van der Waals surface area (Å²) in [6.07, 6.45) is 0.789. The highest BCUT2D eigenvalue weighted by molar-refractivity contribution is 9.10. The van der Waals surface area contributed by atoms with Gasteiger partial charge in [0.1, 0.15) is 5.75 Å². The van der Waals surface area contributed by atoms with Crippen molar-refractivity contribution in [2.45, 2.75) is 25.4 Å². The first kappa shape index (κ1) is 23.1. The average molecular weight is 473 g/mol. The lowest BCUT2D eigenvalue weighted by Crippen LogP contribution is -2.29. The highest BCUT2D eigenvalue weighted by Crippen LogP contribution is 2.38. The van der Waals surface area contributed by atoms with E-state index in [4.69, 9.17) is 25.8 Å². The maximum absolute atomic E-state index is 9.91. The first-order valence-electron chi connectivity index (χ1n) is 9.20. The standard InChI is InChI=1S/C21H27BrClNO4/c1-3-19(24-20(13-25)15-7-5-4-6-8-15)17-11-16(23)12-18(22)21(17)28-14-27-10-9-26-2/h4-8,11-12,19-20,24-25H,3,9-10,13-14H2,1-2H3/t19?,20-/m0/s1. The van der Waals surface area contributed by atoms with Crippen molar-refractivity contribution in [3.63, 3.8) is 0 Å². The van der Waals surface area contributed by atoms with Crippen molar-refractivity contribution in [2.24, 2.45) is 0 Å². The van der Waals surface area contributed by atoms with Crippen LogP contribution in [0.3, 0.4) is 0 Å². The number of nitrogens with one attached hydrogen (secondary N) is 1. The summed E-state index contributed by atoms with van der Waals surface area (Å²) in [5, 5.41) is 14.0. The van der Waals surface area contributed by atoms with Crippen molar-refractivity contribution in [1.82, 2.24) is 5.32 Å². The predicted octanol–water partition coefficient (Wildman–Crippen LogP) is 4.88. The lowest BCUT2D eigenvalue weighted by Gasteiger charge is -2.26. The minimum atomic E-state index is -0.199. The quantitative estimate of drug-likeness (QED) is 0.341. The van der Waals surface area contributed by atoms with Gasteiger partial charge in [-0.2, -0.15) is 0 Å². The minimum absolute atomic E-state index is 0.0153. The minimum Gasteiger partial charge on any atom is -0.466 e. The number of aliphatic hydroxyl groups excluding tert-OH is 1. The molecule has 0 bridgehead atoms. The van der Waals surface area contributed by atoms with Crippen molar-refractivity contribution >= 4 is 27.5 Å². The van der Waals surface area contributed by atoms with E-state index < -0.39 is 0 Å². The zero-order chi connectivity index (χ0) is 20.4. The number of hydrogen-bond donors (Lipinski definition) is 2. The smallest absolute Gasteiger partial charge is 0.189 e. The summed E-state index contributed by atoms with van der Waals surface area (Å²) in [5.74, 6) is 0.672. The molecule has 0 radical (unpaired) electrons. The lowest BCUT2D eigenvalue weighted by molar-refractivity contribution is -0.00946. The molecule has 0 aromatic heterocycles. The summed E-state index contributed by atoms with van der Waals surface area (Å²) in [5.41, 5.74) is 1.93. The van der Waals surface area contributed by atoms with E-state index in [1.165, 1.54) is 0 Å². The number of hydrogen-bond acceptors (Lipinski definition) is 5. The molecule has 7 heteroatoms. The van der Waals surface area contributed by atoms with Crippen molar-refractivity contribution in [3.8, 4) is 5.75 Å². The largest absolute Gasteiger partial charge is 0.466 e. The molecule has 0 saturated heterocycles. The van der Waals surface area contributed by atoms with Crippen LogP contribution < -0.4 is 10.1 Å². The molecule has 0 spiro atoms. The van der Waals surface area contributed by atoms with Gasteiger partial charge in [0.25, 0.3) is 0 Å². The molecule has 2 N–H and O–H groups in total. The van der Waals surface area contributed by atoms with E-state index in [0.29, 0.717) is 24.0 Å².